The monoisotopic (exact) mass is 408 g/mol. The molecule has 7 nitrogen and oxygen atoms in total. The van der Waals surface area contributed by atoms with Crippen LogP contribution < -0.4 is 11.1 Å². The van der Waals surface area contributed by atoms with E-state index >= 15 is 0 Å². The van der Waals surface area contributed by atoms with Gasteiger partial charge in [-0.05, 0) is 37.8 Å². The van der Waals surface area contributed by atoms with Crippen LogP contribution in [0.2, 0.25) is 0 Å². The maximum Gasteiger partial charge on any atom is 0.273 e. The first-order chi connectivity index (χ1) is 12.1. The lowest BCUT2D eigenvalue weighted by Gasteiger charge is -2.11. The van der Waals surface area contributed by atoms with Gasteiger partial charge in [-0.1, -0.05) is 23.4 Å². The van der Waals surface area contributed by atoms with Crippen LogP contribution in [-0.4, -0.2) is 38.5 Å². The Morgan fingerprint density at radius 2 is 2.04 bits per heavy atom. The molecule has 144 valence electrons. The first-order valence-corrected chi connectivity index (χ1v) is 8.45. The van der Waals surface area contributed by atoms with Gasteiger partial charge in [0.1, 0.15) is 0 Å². The van der Waals surface area contributed by atoms with Crippen LogP contribution in [0.5, 0.6) is 0 Å². The third-order valence-electron chi connectivity index (χ3n) is 4.68. The van der Waals surface area contributed by atoms with E-state index in [0.717, 1.165) is 29.4 Å². The fourth-order valence-corrected chi connectivity index (χ4v) is 3.01. The lowest BCUT2D eigenvalue weighted by molar-refractivity contribution is 0.0944. The number of carbonyl (C=O) groups excluding carboxylic acids is 1. The fourth-order valence-electron chi connectivity index (χ4n) is 3.01. The summed E-state index contributed by atoms with van der Waals surface area (Å²) >= 11 is 0. The standard InChI is InChI=1S/C18H20N6O.2ClH/c1-11-16(18(25)21-10-14(19)12-7-8-12)22-23-24(11)15-6-2-4-13-5-3-9-20-17(13)15;;/h2-6,9,12,14H,7-8,10,19H2,1H3,(H,21,25);2*1H. The van der Waals surface area contributed by atoms with E-state index in [4.69, 9.17) is 5.73 Å². The van der Waals surface area contributed by atoms with Gasteiger partial charge in [-0.15, -0.1) is 29.9 Å². The summed E-state index contributed by atoms with van der Waals surface area (Å²) < 4.78 is 1.66. The van der Waals surface area contributed by atoms with Crippen molar-refractivity contribution in [2.75, 3.05) is 6.54 Å². The lowest BCUT2D eigenvalue weighted by Crippen LogP contribution is -2.38. The zero-order valence-electron chi connectivity index (χ0n) is 14.8. The van der Waals surface area contributed by atoms with E-state index in [0.29, 0.717) is 23.9 Å². The van der Waals surface area contributed by atoms with Crippen molar-refractivity contribution in [1.82, 2.24) is 25.3 Å². The number of benzene rings is 1. The Labute approximate surface area is 169 Å². The van der Waals surface area contributed by atoms with Crippen LogP contribution in [0, 0.1) is 12.8 Å². The molecule has 1 aromatic carbocycles. The van der Waals surface area contributed by atoms with Crippen LogP contribution in [0.25, 0.3) is 16.6 Å². The van der Waals surface area contributed by atoms with E-state index in [9.17, 15) is 4.79 Å². The molecule has 1 fully saturated rings. The zero-order chi connectivity index (χ0) is 17.4. The molecule has 9 heteroatoms. The Bertz CT molecular complexity index is 935. The summed E-state index contributed by atoms with van der Waals surface area (Å²) in [6, 6.07) is 9.75. The summed E-state index contributed by atoms with van der Waals surface area (Å²) in [6.07, 6.45) is 4.05. The Morgan fingerprint density at radius 1 is 1.30 bits per heavy atom. The number of amides is 1. The van der Waals surface area contributed by atoms with Crippen molar-refractivity contribution in [3.63, 3.8) is 0 Å². The van der Waals surface area contributed by atoms with Crippen molar-refractivity contribution < 1.29 is 4.79 Å². The number of nitrogens with zero attached hydrogens (tertiary/aromatic N) is 4. The average molecular weight is 409 g/mol. The van der Waals surface area contributed by atoms with Crippen LogP contribution >= 0.6 is 24.8 Å². The van der Waals surface area contributed by atoms with Gasteiger partial charge in [0.05, 0.1) is 16.9 Å². The molecule has 1 amide bonds. The van der Waals surface area contributed by atoms with Crippen molar-refractivity contribution >= 4 is 41.6 Å². The molecular weight excluding hydrogens is 387 g/mol. The molecule has 1 aliphatic carbocycles. The highest BCUT2D eigenvalue weighted by molar-refractivity contribution is 5.93. The summed E-state index contributed by atoms with van der Waals surface area (Å²) in [4.78, 5) is 16.9. The van der Waals surface area contributed by atoms with Gasteiger partial charge in [0.25, 0.3) is 5.91 Å². The summed E-state index contributed by atoms with van der Waals surface area (Å²) in [5.41, 5.74) is 8.65. The van der Waals surface area contributed by atoms with Crippen molar-refractivity contribution in [3.8, 4) is 5.69 Å². The molecule has 1 saturated carbocycles. The van der Waals surface area contributed by atoms with Crippen LogP contribution in [0.15, 0.2) is 36.5 Å². The molecular formula is C18H22Cl2N6O. The molecule has 1 atom stereocenters. The highest BCUT2D eigenvalue weighted by Gasteiger charge is 2.29. The van der Waals surface area contributed by atoms with Crippen molar-refractivity contribution in [2.45, 2.75) is 25.8 Å². The molecule has 1 unspecified atom stereocenters. The second kappa shape index (κ2) is 8.65. The number of halogens is 2. The molecule has 3 aromatic rings. The number of para-hydroxylation sites is 1. The van der Waals surface area contributed by atoms with Gasteiger partial charge in [-0.2, -0.15) is 0 Å². The Kier molecular flexibility index (Phi) is 6.75. The van der Waals surface area contributed by atoms with Gasteiger partial charge >= 0.3 is 0 Å². The Morgan fingerprint density at radius 3 is 2.78 bits per heavy atom. The molecule has 3 N–H and O–H groups in total. The molecule has 2 heterocycles. The molecule has 4 rings (SSSR count). The number of nitrogens with one attached hydrogen (secondary N) is 1. The van der Waals surface area contributed by atoms with Gasteiger partial charge in [0.2, 0.25) is 0 Å². The first kappa shape index (κ1) is 21.1. The minimum absolute atomic E-state index is 0. The third-order valence-corrected chi connectivity index (χ3v) is 4.68. The number of pyridine rings is 1. The summed E-state index contributed by atoms with van der Waals surface area (Å²) in [5.74, 6) is 0.298. The molecule has 1 aliphatic rings. The van der Waals surface area contributed by atoms with Crippen LogP contribution in [-0.2, 0) is 0 Å². The van der Waals surface area contributed by atoms with Gasteiger partial charge < -0.3 is 11.1 Å². The van der Waals surface area contributed by atoms with E-state index in [-0.39, 0.29) is 36.8 Å². The number of rotatable bonds is 5. The smallest absolute Gasteiger partial charge is 0.273 e. The highest BCUT2D eigenvalue weighted by atomic mass is 35.5. The number of nitrogens with two attached hydrogens (primary N) is 1. The second-order valence-electron chi connectivity index (χ2n) is 6.50. The van der Waals surface area contributed by atoms with Crippen LogP contribution in [0.4, 0.5) is 0 Å². The average Bonchev–Trinajstić information content (AvgIpc) is 3.42. The number of hydrogen-bond acceptors (Lipinski definition) is 5. The normalized spacial score (nSPS) is 14.1. The number of aromatic nitrogens is 4. The number of hydrogen-bond donors (Lipinski definition) is 2. The van der Waals surface area contributed by atoms with Gasteiger partial charge in [0, 0.05) is 24.2 Å². The topological polar surface area (TPSA) is 98.7 Å². The van der Waals surface area contributed by atoms with E-state index in [1.54, 1.807) is 10.9 Å². The minimum atomic E-state index is -0.243. The van der Waals surface area contributed by atoms with Crippen LogP contribution in [0.3, 0.4) is 0 Å². The Hall–Kier alpha value is -2.22. The van der Waals surface area contributed by atoms with Crippen molar-refractivity contribution in [3.05, 3.63) is 47.9 Å². The molecule has 0 spiro atoms. The van der Waals surface area contributed by atoms with Crippen LogP contribution in [0.1, 0.15) is 29.0 Å². The number of fused-ring (bicyclic) bond motifs is 1. The summed E-state index contributed by atoms with van der Waals surface area (Å²) in [7, 11) is 0. The maximum atomic E-state index is 12.4. The molecule has 27 heavy (non-hydrogen) atoms. The quantitative estimate of drug-likeness (QED) is 0.675. The molecule has 0 bridgehead atoms. The van der Waals surface area contributed by atoms with Crippen molar-refractivity contribution in [2.24, 2.45) is 11.7 Å². The second-order valence-corrected chi connectivity index (χ2v) is 6.50. The van der Waals surface area contributed by atoms with E-state index in [1.165, 1.54) is 0 Å². The van der Waals surface area contributed by atoms with Gasteiger partial charge in [-0.3, -0.25) is 9.78 Å². The minimum Gasteiger partial charge on any atom is -0.349 e. The van der Waals surface area contributed by atoms with E-state index < -0.39 is 0 Å². The first-order valence-electron chi connectivity index (χ1n) is 8.45. The molecule has 0 radical (unpaired) electrons. The SMILES string of the molecule is Cc1c(C(=O)NCC(N)C2CC2)nnn1-c1cccc2cccnc12.Cl.Cl. The molecule has 0 aliphatic heterocycles. The lowest BCUT2D eigenvalue weighted by atomic mass is 10.2. The maximum absolute atomic E-state index is 12.4. The predicted octanol–water partition coefficient (Wildman–Crippen LogP) is 2.43. The number of carbonyl (C=O) groups is 1. The zero-order valence-corrected chi connectivity index (χ0v) is 16.5. The summed E-state index contributed by atoms with van der Waals surface area (Å²) in [5, 5.41) is 12.1. The predicted molar refractivity (Wildman–Crippen MR) is 109 cm³/mol. The largest absolute Gasteiger partial charge is 0.349 e. The van der Waals surface area contributed by atoms with E-state index in [2.05, 4.69) is 20.6 Å². The Balaban J connectivity index is 0.00000131. The summed E-state index contributed by atoms with van der Waals surface area (Å²) in [6.45, 7) is 2.29. The highest BCUT2D eigenvalue weighted by Crippen LogP contribution is 2.31. The van der Waals surface area contributed by atoms with Gasteiger partial charge in [-0.25, -0.2) is 4.68 Å². The third kappa shape index (κ3) is 4.21. The van der Waals surface area contributed by atoms with E-state index in [1.807, 2.05) is 37.3 Å². The van der Waals surface area contributed by atoms with Crippen molar-refractivity contribution in [1.29, 1.82) is 0 Å². The van der Waals surface area contributed by atoms with Gasteiger partial charge in [0.15, 0.2) is 5.69 Å². The molecule has 2 aromatic heterocycles. The fraction of sp³-hybridized carbons (Fsp3) is 0.333. The molecule has 0 saturated heterocycles.